The van der Waals surface area contributed by atoms with Gasteiger partial charge in [0.2, 0.25) is 0 Å². The van der Waals surface area contributed by atoms with Gasteiger partial charge in [0.05, 0.1) is 13.1 Å². The maximum atomic E-state index is 5.83. The van der Waals surface area contributed by atoms with Crippen molar-refractivity contribution >= 4 is 5.96 Å². The summed E-state index contributed by atoms with van der Waals surface area (Å²) in [7, 11) is 1.66. The van der Waals surface area contributed by atoms with Gasteiger partial charge >= 0.3 is 0 Å². The molecule has 1 aliphatic rings. The normalized spacial score (nSPS) is 16.5. The van der Waals surface area contributed by atoms with Crippen molar-refractivity contribution in [2.45, 2.75) is 45.9 Å². The molecule has 1 unspecified atom stereocenters. The monoisotopic (exact) mass is 386 g/mol. The van der Waals surface area contributed by atoms with Crippen molar-refractivity contribution in [2.75, 3.05) is 26.8 Å². The quantitative estimate of drug-likeness (QED) is 0.408. The van der Waals surface area contributed by atoms with E-state index in [1.807, 2.05) is 35.9 Å². The Kier molecular flexibility index (Phi) is 7.25. The number of ether oxygens (including phenoxy) is 2. The highest BCUT2D eigenvalue weighted by Gasteiger charge is 2.22. The van der Waals surface area contributed by atoms with Crippen molar-refractivity contribution in [3.63, 3.8) is 0 Å². The lowest BCUT2D eigenvalue weighted by Crippen LogP contribution is -2.47. The Morgan fingerprint density at radius 3 is 3.00 bits per heavy atom. The summed E-state index contributed by atoms with van der Waals surface area (Å²) in [5.41, 5.74) is 1.13. The van der Waals surface area contributed by atoms with E-state index in [1.54, 1.807) is 7.11 Å². The van der Waals surface area contributed by atoms with Crippen LogP contribution in [-0.2, 0) is 24.3 Å². The topological polar surface area (TPSA) is 85.6 Å². The zero-order chi connectivity index (χ0) is 19.8. The van der Waals surface area contributed by atoms with Crippen molar-refractivity contribution in [3.05, 3.63) is 41.5 Å². The Morgan fingerprint density at radius 2 is 2.21 bits per heavy atom. The van der Waals surface area contributed by atoms with Gasteiger partial charge in [0.1, 0.15) is 24.8 Å². The molecular weight excluding hydrogens is 356 g/mol. The summed E-state index contributed by atoms with van der Waals surface area (Å²) in [6.45, 7) is 7.27. The maximum absolute atomic E-state index is 5.83. The molecule has 1 aromatic heterocycles. The summed E-state index contributed by atoms with van der Waals surface area (Å²) in [5, 5.41) is 11.3. The zero-order valence-electron chi connectivity index (χ0n) is 16.9. The molecule has 0 radical (unpaired) electrons. The van der Waals surface area contributed by atoms with Gasteiger partial charge < -0.3 is 20.1 Å². The number of para-hydroxylation sites is 1. The highest BCUT2D eigenvalue weighted by molar-refractivity contribution is 5.80. The molecule has 8 heteroatoms. The number of aryl methyl sites for hydroxylation is 2. The summed E-state index contributed by atoms with van der Waals surface area (Å²) >= 11 is 0. The minimum atomic E-state index is 0.264. The van der Waals surface area contributed by atoms with Crippen LogP contribution in [0.5, 0.6) is 5.75 Å². The number of aromatic nitrogens is 3. The molecule has 2 heterocycles. The van der Waals surface area contributed by atoms with Crippen molar-refractivity contribution in [3.8, 4) is 5.75 Å². The van der Waals surface area contributed by atoms with Crippen LogP contribution in [0.25, 0.3) is 0 Å². The molecule has 0 spiro atoms. The SMILES string of the molecule is CCNC(=NCCOc1ccccc1C)NC1CCc2nc(COC)nn2C1. The van der Waals surface area contributed by atoms with Gasteiger partial charge in [-0.1, -0.05) is 18.2 Å². The molecule has 0 saturated carbocycles. The molecule has 0 saturated heterocycles. The second-order valence-electron chi connectivity index (χ2n) is 6.81. The Bertz CT molecular complexity index is 789. The summed E-state index contributed by atoms with van der Waals surface area (Å²) in [6, 6.07) is 8.29. The van der Waals surface area contributed by atoms with Crippen molar-refractivity contribution in [2.24, 2.45) is 4.99 Å². The van der Waals surface area contributed by atoms with E-state index in [4.69, 9.17) is 9.47 Å². The Morgan fingerprint density at radius 1 is 1.36 bits per heavy atom. The van der Waals surface area contributed by atoms with E-state index in [1.165, 1.54) is 0 Å². The van der Waals surface area contributed by atoms with Gasteiger partial charge in [-0.25, -0.2) is 14.7 Å². The third-order valence-electron chi connectivity index (χ3n) is 4.57. The van der Waals surface area contributed by atoms with E-state index >= 15 is 0 Å². The highest BCUT2D eigenvalue weighted by atomic mass is 16.5. The smallest absolute Gasteiger partial charge is 0.191 e. The summed E-state index contributed by atoms with van der Waals surface area (Å²) in [5.74, 6) is 3.49. The second-order valence-corrected chi connectivity index (χ2v) is 6.81. The number of fused-ring (bicyclic) bond motifs is 1. The first-order valence-corrected chi connectivity index (χ1v) is 9.84. The Hall–Kier alpha value is -2.61. The lowest BCUT2D eigenvalue weighted by molar-refractivity contribution is 0.177. The Balaban J connectivity index is 1.52. The first-order valence-electron chi connectivity index (χ1n) is 9.84. The van der Waals surface area contributed by atoms with Crippen LogP contribution in [0.15, 0.2) is 29.3 Å². The predicted octanol–water partition coefficient (Wildman–Crippen LogP) is 1.68. The number of nitrogens with zero attached hydrogens (tertiary/aromatic N) is 4. The molecular formula is C20H30N6O2. The van der Waals surface area contributed by atoms with Crippen LogP contribution < -0.4 is 15.4 Å². The summed E-state index contributed by atoms with van der Waals surface area (Å²) in [4.78, 5) is 9.17. The summed E-state index contributed by atoms with van der Waals surface area (Å²) in [6.07, 6.45) is 1.89. The zero-order valence-corrected chi connectivity index (χ0v) is 16.9. The van der Waals surface area contributed by atoms with E-state index in [-0.39, 0.29) is 6.04 Å². The fourth-order valence-corrected chi connectivity index (χ4v) is 3.21. The number of benzene rings is 1. The number of rotatable bonds is 8. The number of guanidine groups is 1. The average molecular weight is 387 g/mol. The highest BCUT2D eigenvalue weighted by Crippen LogP contribution is 2.16. The molecule has 1 aliphatic heterocycles. The largest absolute Gasteiger partial charge is 0.491 e. The van der Waals surface area contributed by atoms with Gasteiger partial charge in [-0.15, -0.1) is 0 Å². The number of hydrogen-bond donors (Lipinski definition) is 2. The van der Waals surface area contributed by atoms with Crippen LogP contribution in [0, 0.1) is 6.92 Å². The number of hydrogen-bond acceptors (Lipinski definition) is 5. The van der Waals surface area contributed by atoms with Crippen molar-refractivity contribution in [1.82, 2.24) is 25.4 Å². The maximum Gasteiger partial charge on any atom is 0.191 e. The van der Waals surface area contributed by atoms with E-state index in [0.717, 1.165) is 54.9 Å². The van der Waals surface area contributed by atoms with Crippen molar-refractivity contribution in [1.29, 1.82) is 0 Å². The fourth-order valence-electron chi connectivity index (χ4n) is 3.21. The molecule has 8 nitrogen and oxygen atoms in total. The molecule has 1 atom stereocenters. The minimum Gasteiger partial charge on any atom is -0.491 e. The molecule has 28 heavy (non-hydrogen) atoms. The van der Waals surface area contributed by atoms with Crippen molar-refractivity contribution < 1.29 is 9.47 Å². The molecule has 0 amide bonds. The second kappa shape index (κ2) is 10.1. The first kappa shape index (κ1) is 20.1. The Labute approximate surface area is 166 Å². The molecule has 0 fully saturated rings. The van der Waals surface area contributed by atoms with E-state index in [9.17, 15) is 0 Å². The molecule has 2 N–H and O–H groups in total. The van der Waals surface area contributed by atoms with Crippen LogP contribution in [0.1, 0.15) is 30.6 Å². The first-order chi connectivity index (χ1) is 13.7. The average Bonchev–Trinajstić information content (AvgIpc) is 3.08. The fraction of sp³-hybridized carbons (Fsp3) is 0.550. The van der Waals surface area contributed by atoms with Gasteiger partial charge in [-0.3, -0.25) is 0 Å². The molecule has 2 aromatic rings. The lowest BCUT2D eigenvalue weighted by atomic mass is 10.1. The van der Waals surface area contributed by atoms with Crippen LogP contribution in [0.4, 0.5) is 0 Å². The van der Waals surface area contributed by atoms with E-state index in [0.29, 0.717) is 19.8 Å². The molecule has 0 aliphatic carbocycles. The molecule has 0 bridgehead atoms. The van der Waals surface area contributed by atoms with Gasteiger partial charge in [-0.2, -0.15) is 5.10 Å². The lowest BCUT2D eigenvalue weighted by Gasteiger charge is -2.25. The standard InChI is InChI=1S/C20H30N6O2/c1-4-21-20(22-11-12-28-17-8-6-5-7-15(17)2)23-16-9-10-19-24-18(14-27-3)25-26(19)13-16/h5-8,16H,4,9-14H2,1-3H3,(H2,21,22,23). The van der Waals surface area contributed by atoms with Crippen LogP contribution in [0.2, 0.25) is 0 Å². The number of aliphatic imine (C=N–C) groups is 1. The molecule has 1 aromatic carbocycles. The van der Waals surface area contributed by atoms with Crippen LogP contribution >= 0.6 is 0 Å². The van der Waals surface area contributed by atoms with Gasteiger partial charge in [0.15, 0.2) is 11.8 Å². The number of nitrogens with one attached hydrogen (secondary N) is 2. The predicted molar refractivity (Wildman–Crippen MR) is 109 cm³/mol. The third-order valence-corrected chi connectivity index (χ3v) is 4.57. The third kappa shape index (κ3) is 5.45. The molecule has 152 valence electrons. The van der Waals surface area contributed by atoms with Gasteiger partial charge in [0.25, 0.3) is 0 Å². The van der Waals surface area contributed by atoms with E-state index < -0.39 is 0 Å². The van der Waals surface area contributed by atoms with Gasteiger partial charge in [0, 0.05) is 26.1 Å². The minimum absolute atomic E-state index is 0.264. The summed E-state index contributed by atoms with van der Waals surface area (Å²) < 4.78 is 12.9. The molecule has 3 rings (SSSR count). The van der Waals surface area contributed by atoms with Crippen LogP contribution in [-0.4, -0.2) is 53.6 Å². The van der Waals surface area contributed by atoms with Gasteiger partial charge in [-0.05, 0) is 31.9 Å². The van der Waals surface area contributed by atoms with Crippen LogP contribution in [0.3, 0.4) is 0 Å². The van der Waals surface area contributed by atoms with E-state index in [2.05, 4.69) is 32.6 Å². The number of methoxy groups -OCH3 is 1.